The van der Waals surface area contributed by atoms with E-state index in [2.05, 4.69) is 13.8 Å². The van der Waals surface area contributed by atoms with Gasteiger partial charge in [0.25, 0.3) is 10.1 Å². The van der Waals surface area contributed by atoms with Crippen LogP contribution in [-0.4, -0.2) is 56.4 Å². The number of hydrogen-bond acceptors (Lipinski definition) is 6. The van der Waals surface area contributed by atoms with Crippen LogP contribution in [0.4, 0.5) is 0 Å². The fraction of sp³-hybridized carbons (Fsp3) is 0.682. The van der Waals surface area contributed by atoms with Crippen LogP contribution in [0, 0.1) is 23.7 Å². The average molecular weight is 487 g/mol. The number of aryl methyl sites for hydroxylation is 1. The van der Waals surface area contributed by atoms with Gasteiger partial charge in [-0.15, -0.1) is 0 Å². The number of benzene rings is 1. The van der Waals surface area contributed by atoms with E-state index in [1.807, 2.05) is 6.92 Å². The molecule has 1 aromatic rings. The molecule has 2 aliphatic carbocycles. The molecule has 0 unspecified atom stereocenters. The molecule has 0 amide bonds. The quantitative estimate of drug-likeness (QED) is 0.624. The van der Waals surface area contributed by atoms with Crippen molar-refractivity contribution in [2.75, 3.05) is 18.8 Å². The van der Waals surface area contributed by atoms with Crippen molar-refractivity contribution in [2.24, 2.45) is 22.5 Å². The molecule has 1 saturated heterocycles. The van der Waals surface area contributed by atoms with Gasteiger partial charge >= 0.3 is 0 Å². The number of fused-ring (bicyclic) bond motifs is 2. The average Bonchev–Trinajstić information content (AvgIpc) is 3.02. The SMILES string of the molecule is CC1(C)[C@H]2CC[C@@]1(CS(=O)(=O)N1CCC(N)CC1)C(=O)C2.Cc1ccc(S(=O)(=O)O)cc1. The lowest BCUT2D eigenvalue weighted by Gasteiger charge is -2.38. The number of rotatable bonds is 4. The first-order valence-electron chi connectivity index (χ1n) is 11.0. The van der Waals surface area contributed by atoms with Crippen molar-refractivity contribution < 1.29 is 26.2 Å². The molecule has 3 N–H and O–H groups in total. The lowest BCUT2D eigenvalue weighted by molar-refractivity contribution is -0.128. The van der Waals surface area contributed by atoms with Crippen molar-refractivity contribution in [3.05, 3.63) is 29.8 Å². The molecule has 0 spiro atoms. The number of piperidine rings is 1. The molecule has 0 aromatic heterocycles. The Kier molecular flexibility index (Phi) is 6.95. The van der Waals surface area contributed by atoms with Crippen molar-refractivity contribution >= 4 is 25.9 Å². The van der Waals surface area contributed by atoms with E-state index in [-0.39, 0.29) is 27.9 Å². The Morgan fingerprint density at radius 2 is 1.62 bits per heavy atom. The summed E-state index contributed by atoms with van der Waals surface area (Å²) in [7, 11) is -7.40. The summed E-state index contributed by atoms with van der Waals surface area (Å²) in [5.41, 5.74) is 5.96. The molecule has 0 radical (unpaired) electrons. The second-order valence-corrected chi connectivity index (χ2v) is 13.3. The summed E-state index contributed by atoms with van der Waals surface area (Å²) < 4.78 is 56.7. The van der Waals surface area contributed by atoms with Crippen molar-refractivity contribution in [1.82, 2.24) is 4.31 Å². The molecule has 2 atom stereocenters. The molecule has 3 fully saturated rings. The molecule has 10 heteroatoms. The van der Waals surface area contributed by atoms with E-state index in [0.717, 1.165) is 18.4 Å². The van der Waals surface area contributed by atoms with Crippen molar-refractivity contribution in [3.8, 4) is 0 Å². The monoisotopic (exact) mass is 486 g/mol. The number of nitrogens with two attached hydrogens (primary N) is 1. The Hall–Kier alpha value is -1.33. The van der Waals surface area contributed by atoms with E-state index in [1.54, 1.807) is 16.4 Å². The van der Waals surface area contributed by atoms with Crippen molar-refractivity contribution in [1.29, 1.82) is 0 Å². The smallest absolute Gasteiger partial charge is 0.294 e. The Labute approximate surface area is 191 Å². The van der Waals surface area contributed by atoms with Crippen LogP contribution < -0.4 is 5.73 Å². The highest BCUT2D eigenvalue weighted by Gasteiger charge is 2.65. The first kappa shape index (κ1) is 25.3. The van der Waals surface area contributed by atoms with Crippen LogP contribution in [0.15, 0.2) is 29.2 Å². The summed E-state index contributed by atoms with van der Waals surface area (Å²) in [5, 5.41) is 0. The molecule has 32 heavy (non-hydrogen) atoms. The van der Waals surface area contributed by atoms with Gasteiger partial charge in [0.05, 0.1) is 10.6 Å². The van der Waals surface area contributed by atoms with E-state index in [9.17, 15) is 21.6 Å². The summed E-state index contributed by atoms with van der Waals surface area (Å²) in [6.07, 6.45) is 3.71. The number of ketones is 1. The van der Waals surface area contributed by atoms with Gasteiger partial charge < -0.3 is 5.73 Å². The molecule has 4 rings (SSSR count). The van der Waals surface area contributed by atoms with E-state index in [1.165, 1.54) is 12.1 Å². The van der Waals surface area contributed by atoms with Gasteiger partial charge in [0.1, 0.15) is 5.78 Å². The summed E-state index contributed by atoms with van der Waals surface area (Å²) in [6, 6.07) is 6.09. The molecule has 1 heterocycles. The van der Waals surface area contributed by atoms with Gasteiger partial charge in [-0.05, 0) is 56.1 Å². The van der Waals surface area contributed by atoms with Gasteiger partial charge in [0.2, 0.25) is 10.0 Å². The van der Waals surface area contributed by atoms with E-state index in [0.29, 0.717) is 38.3 Å². The predicted molar refractivity (Wildman–Crippen MR) is 122 cm³/mol. The molecule has 8 nitrogen and oxygen atoms in total. The van der Waals surface area contributed by atoms with E-state index in [4.69, 9.17) is 10.3 Å². The zero-order chi connectivity index (χ0) is 23.9. The third-order valence-electron chi connectivity index (χ3n) is 7.78. The Balaban J connectivity index is 0.000000222. The fourth-order valence-corrected chi connectivity index (χ4v) is 8.10. The minimum atomic E-state index is -4.02. The number of sulfonamides is 1. The van der Waals surface area contributed by atoms with Crippen molar-refractivity contribution in [3.63, 3.8) is 0 Å². The van der Waals surface area contributed by atoms with Crippen molar-refractivity contribution in [2.45, 2.75) is 63.8 Å². The third kappa shape index (κ3) is 4.79. The minimum absolute atomic E-state index is 0.00241. The minimum Gasteiger partial charge on any atom is -0.328 e. The molecular weight excluding hydrogens is 452 g/mol. The number of carbonyl (C=O) groups is 1. The zero-order valence-corrected chi connectivity index (χ0v) is 20.6. The van der Waals surface area contributed by atoms with Crippen LogP contribution in [0.1, 0.15) is 51.5 Å². The van der Waals surface area contributed by atoms with Gasteiger partial charge in [-0.3, -0.25) is 9.35 Å². The number of hydrogen-bond donors (Lipinski definition) is 2. The third-order valence-corrected chi connectivity index (χ3v) is 10.7. The van der Waals surface area contributed by atoms with Crippen LogP contribution in [0.25, 0.3) is 0 Å². The van der Waals surface area contributed by atoms with Gasteiger partial charge in [0.15, 0.2) is 0 Å². The molecule has 2 saturated carbocycles. The normalized spacial score (nSPS) is 28.4. The van der Waals surface area contributed by atoms with E-state index >= 15 is 0 Å². The van der Waals surface area contributed by atoms with Crippen LogP contribution in [0.2, 0.25) is 0 Å². The van der Waals surface area contributed by atoms with Gasteiger partial charge in [-0.2, -0.15) is 8.42 Å². The van der Waals surface area contributed by atoms with Gasteiger partial charge in [0, 0.05) is 31.0 Å². The highest BCUT2D eigenvalue weighted by molar-refractivity contribution is 7.89. The molecule has 2 bridgehead atoms. The molecule has 1 aromatic carbocycles. The maximum Gasteiger partial charge on any atom is 0.294 e. The maximum absolute atomic E-state index is 12.8. The standard InChI is InChI=1S/C15H26N2O3S.C7H8O3S/c1-14(2)11-3-6-15(14,13(18)9-11)10-21(19,20)17-7-4-12(16)5-8-17;1-6-2-4-7(5-3-6)11(8,9)10/h11-12H,3-10,16H2,1-2H3;2-5H,1H3,(H,8,9,10)/t11-,15+;/m0./s1. The predicted octanol–water partition coefficient (Wildman–Crippen LogP) is 2.38. The van der Waals surface area contributed by atoms with Gasteiger partial charge in [-0.1, -0.05) is 31.5 Å². The number of carbonyl (C=O) groups excluding carboxylic acids is 1. The molecule has 3 aliphatic rings. The van der Waals surface area contributed by atoms with Crippen LogP contribution in [-0.2, 0) is 24.9 Å². The van der Waals surface area contributed by atoms with Gasteiger partial charge in [-0.25, -0.2) is 12.7 Å². The Morgan fingerprint density at radius 1 is 1.06 bits per heavy atom. The highest BCUT2D eigenvalue weighted by Crippen LogP contribution is 2.64. The summed E-state index contributed by atoms with van der Waals surface area (Å²) in [4.78, 5) is 12.4. The lowest BCUT2D eigenvalue weighted by Crippen LogP contribution is -2.49. The van der Waals surface area contributed by atoms with Crippen LogP contribution in [0.5, 0.6) is 0 Å². The van der Waals surface area contributed by atoms with Crippen LogP contribution in [0.3, 0.4) is 0 Å². The van der Waals surface area contributed by atoms with Crippen LogP contribution >= 0.6 is 0 Å². The second-order valence-electron chi connectivity index (χ2n) is 9.95. The molecule has 180 valence electrons. The highest BCUT2D eigenvalue weighted by atomic mass is 32.2. The topological polar surface area (TPSA) is 135 Å². The largest absolute Gasteiger partial charge is 0.328 e. The first-order valence-corrected chi connectivity index (χ1v) is 14.0. The summed E-state index contributed by atoms with van der Waals surface area (Å²) in [6.45, 7) is 7.00. The molecular formula is C22H34N2O6S2. The fourth-order valence-electron chi connectivity index (χ4n) is 5.38. The Morgan fingerprint density at radius 3 is 2.06 bits per heavy atom. The Bertz CT molecular complexity index is 1060. The second kappa shape index (κ2) is 8.79. The summed E-state index contributed by atoms with van der Waals surface area (Å²) in [5.74, 6) is 0.522. The first-order chi connectivity index (χ1) is 14.7. The summed E-state index contributed by atoms with van der Waals surface area (Å²) >= 11 is 0. The lowest BCUT2D eigenvalue weighted by atomic mass is 9.70. The number of Topliss-reactive ketones (excluding diaryl/α,β-unsaturated/α-hetero) is 1. The molecule has 1 aliphatic heterocycles. The number of nitrogens with zero attached hydrogens (tertiary/aromatic N) is 1. The maximum atomic E-state index is 12.8. The van der Waals surface area contributed by atoms with E-state index < -0.39 is 25.6 Å². The zero-order valence-electron chi connectivity index (χ0n) is 19.0.